The first-order valence-corrected chi connectivity index (χ1v) is 8.48. The Balaban J connectivity index is 1.83. The van der Waals surface area contributed by atoms with Crippen molar-refractivity contribution in [2.75, 3.05) is 6.54 Å². The van der Waals surface area contributed by atoms with Crippen LogP contribution in [0.25, 0.3) is 0 Å². The molecule has 1 aliphatic rings. The molecule has 1 aromatic carbocycles. The maximum absolute atomic E-state index is 12.8. The zero-order valence-electron chi connectivity index (χ0n) is 13.9. The van der Waals surface area contributed by atoms with Gasteiger partial charge in [-0.25, -0.2) is 0 Å². The lowest BCUT2D eigenvalue weighted by Crippen LogP contribution is -2.38. The number of alkyl halides is 3. The topological polar surface area (TPSA) is 55.1 Å². The Labute approximate surface area is 140 Å². The second-order valence-corrected chi connectivity index (χ2v) is 6.73. The molecule has 3 atom stereocenters. The van der Waals surface area contributed by atoms with Crippen molar-refractivity contribution in [3.8, 4) is 0 Å². The van der Waals surface area contributed by atoms with Gasteiger partial charge in [-0.05, 0) is 43.2 Å². The Morgan fingerprint density at radius 3 is 2.79 bits per heavy atom. The summed E-state index contributed by atoms with van der Waals surface area (Å²) >= 11 is 0. The van der Waals surface area contributed by atoms with Crippen LogP contribution in [0.5, 0.6) is 0 Å². The number of hydrogen-bond acceptors (Lipinski definition) is 2. The van der Waals surface area contributed by atoms with Crippen LogP contribution in [-0.4, -0.2) is 18.5 Å². The number of amides is 1. The van der Waals surface area contributed by atoms with Gasteiger partial charge in [-0.1, -0.05) is 31.5 Å². The maximum Gasteiger partial charge on any atom is 0.416 e. The van der Waals surface area contributed by atoms with E-state index < -0.39 is 11.7 Å². The number of benzene rings is 1. The molecule has 2 rings (SSSR count). The van der Waals surface area contributed by atoms with Crippen molar-refractivity contribution in [1.29, 1.82) is 0 Å². The summed E-state index contributed by atoms with van der Waals surface area (Å²) < 4.78 is 38.3. The molecule has 1 amide bonds. The minimum Gasteiger partial charge on any atom is -0.356 e. The minimum absolute atomic E-state index is 0.0152. The molecule has 0 bridgehead atoms. The van der Waals surface area contributed by atoms with Crippen molar-refractivity contribution in [1.82, 2.24) is 5.32 Å². The standard InChI is InChI=1S/C18H25F3N2O/c1-12(13-4-2-6-15(10-13)18(19,20)21)8-9-23-17(24)14-5-3-7-16(22)11-14/h2,4,6,10,12,14,16H,3,5,7-9,11,22H2,1H3,(H,23,24). The molecule has 1 saturated carbocycles. The molecule has 0 saturated heterocycles. The molecule has 134 valence electrons. The van der Waals surface area contributed by atoms with Gasteiger partial charge in [0.05, 0.1) is 5.56 Å². The Hall–Kier alpha value is -1.56. The quantitative estimate of drug-likeness (QED) is 0.854. The van der Waals surface area contributed by atoms with Gasteiger partial charge >= 0.3 is 6.18 Å². The molecular formula is C18H25F3N2O. The van der Waals surface area contributed by atoms with Crippen molar-refractivity contribution in [2.24, 2.45) is 11.7 Å². The van der Waals surface area contributed by atoms with Crippen molar-refractivity contribution in [3.63, 3.8) is 0 Å². The third-order valence-electron chi connectivity index (χ3n) is 4.75. The summed E-state index contributed by atoms with van der Waals surface area (Å²) in [4.78, 5) is 12.1. The van der Waals surface area contributed by atoms with Crippen LogP contribution in [0, 0.1) is 5.92 Å². The van der Waals surface area contributed by atoms with E-state index in [1.165, 1.54) is 12.1 Å². The van der Waals surface area contributed by atoms with E-state index in [9.17, 15) is 18.0 Å². The molecule has 1 aliphatic carbocycles. The number of carbonyl (C=O) groups is 1. The monoisotopic (exact) mass is 342 g/mol. The summed E-state index contributed by atoms with van der Waals surface area (Å²) in [6.07, 6.45) is -0.205. The zero-order valence-corrected chi connectivity index (χ0v) is 13.9. The molecule has 0 heterocycles. The summed E-state index contributed by atoms with van der Waals surface area (Å²) in [5.41, 5.74) is 5.90. The summed E-state index contributed by atoms with van der Waals surface area (Å²) in [5, 5.41) is 2.90. The molecule has 0 radical (unpaired) electrons. The van der Waals surface area contributed by atoms with E-state index in [2.05, 4.69) is 5.32 Å². The van der Waals surface area contributed by atoms with Crippen LogP contribution in [0.15, 0.2) is 24.3 Å². The van der Waals surface area contributed by atoms with Gasteiger partial charge in [-0.3, -0.25) is 4.79 Å². The number of nitrogens with two attached hydrogens (primary N) is 1. The molecule has 6 heteroatoms. The van der Waals surface area contributed by atoms with E-state index in [1.54, 1.807) is 6.07 Å². The number of rotatable bonds is 5. The average molecular weight is 342 g/mol. The third kappa shape index (κ3) is 5.23. The lowest BCUT2D eigenvalue weighted by Gasteiger charge is -2.25. The summed E-state index contributed by atoms with van der Waals surface area (Å²) in [7, 11) is 0. The predicted molar refractivity (Wildman–Crippen MR) is 87.4 cm³/mol. The number of carbonyl (C=O) groups excluding carboxylic acids is 1. The summed E-state index contributed by atoms with van der Waals surface area (Å²) in [6.45, 7) is 2.33. The van der Waals surface area contributed by atoms with E-state index in [0.717, 1.165) is 31.7 Å². The van der Waals surface area contributed by atoms with Gasteiger partial charge in [0.15, 0.2) is 0 Å². The molecule has 1 fully saturated rings. The van der Waals surface area contributed by atoms with Gasteiger partial charge in [0.1, 0.15) is 0 Å². The van der Waals surface area contributed by atoms with E-state index in [-0.39, 0.29) is 23.8 Å². The molecule has 1 aromatic rings. The molecular weight excluding hydrogens is 317 g/mol. The van der Waals surface area contributed by atoms with Crippen LogP contribution in [0.1, 0.15) is 56.1 Å². The van der Waals surface area contributed by atoms with Gasteiger partial charge in [0.25, 0.3) is 0 Å². The normalized spacial score (nSPS) is 22.9. The Morgan fingerprint density at radius 1 is 1.38 bits per heavy atom. The van der Waals surface area contributed by atoms with Crippen molar-refractivity contribution < 1.29 is 18.0 Å². The van der Waals surface area contributed by atoms with Gasteiger partial charge in [-0.15, -0.1) is 0 Å². The summed E-state index contributed by atoms with van der Waals surface area (Å²) in [5.74, 6) is -0.0692. The highest BCUT2D eigenvalue weighted by Crippen LogP contribution is 2.31. The fourth-order valence-electron chi connectivity index (χ4n) is 3.21. The highest BCUT2D eigenvalue weighted by molar-refractivity contribution is 5.78. The highest BCUT2D eigenvalue weighted by atomic mass is 19.4. The Bertz CT molecular complexity index is 559. The second kappa shape index (κ2) is 8.01. The van der Waals surface area contributed by atoms with E-state index in [4.69, 9.17) is 5.73 Å². The average Bonchev–Trinajstić information content (AvgIpc) is 2.54. The molecule has 0 aromatic heterocycles. The predicted octanol–water partition coefficient (Wildman–Crippen LogP) is 3.83. The Kier molecular flexibility index (Phi) is 6.27. The van der Waals surface area contributed by atoms with Crippen LogP contribution in [0.3, 0.4) is 0 Å². The highest BCUT2D eigenvalue weighted by Gasteiger charge is 2.30. The van der Waals surface area contributed by atoms with E-state index in [1.807, 2.05) is 6.92 Å². The molecule has 0 aliphatic heterocycles. The van der Waals surface area contributed by atoms with Crippen molar-refractivity contribution in [3.05, 3.63) is 35.4 Å². The number of halogens is 3. The molecule has 3 N–H and O–H groups in total. The third-order valence-corrected chi connectivity index (χ3v) is 4.75. The largest absolute Gasteiger partial charge is 0.416 e. The van der Waals surface area contributed by atoms with Crippen molar-refractivity contribution in [2.45, 2.75) is 57.2 Å². The molecule has 3 nitrogen and oxygen atoms in total. The fraction of sp³-hybridized carbons (Fsp3) is 0.611. The van der Waals surface area contributed by atoms with Crippen LogP contribution in [-0.2, 0) is 11.0 Å². The van der Waals surface area contributed by atoms with Gasteiger partial charge in [0, 0.05) is 18.5 Å². The lowest BCUT2D eigenvalue weighted by atomic mass is 9.85. The van der Waals surface area contributed by atoms with Crippen LogP contribution in [0.2, 0.25) is 0 Å². The number of hydrogen-bond donors (Lipinski definition) is 2. The molecule has 24 heavy (non-hydrogen) atoms. The lowest BCUT2D eigenvalue weighted by molar-refractivity contribution is -0.137. The van der Waals surface area contributed by atoms with Crippen molar-refractivity contribution >= 4 is 5.91 Å². The number of nitrogens with one attached hydrogen (secondary N) is 1. The summed E-state index contributed by atoms with van der Waals surface area (Å²) in [6, 6.07) is 5.48. The first-order valence-electron chi connectivity index (χ1n) is 8.48. The van der Waals surface area contributed by atoms with E-state index in [0.29, 0.717) is 18.5 Å². The van der Waals surface area contributed by atoms with Crippen LogP contribution >= 0.6 is 0 Å². The van der Waals surface area contributed by atoms with Gasteiger partial charge in [0.2, 0.25) is 5.91 Å². The minimum atomic E-state index is -4.33. The zero-order chi connectivity index (χ0) is 17.7. The second-order valence-electron chi connectivity index (χ2n) is 6.73. The first-order chi connectivity index (χ1) is 11.3. The fourth-order valence-corrected chi connectivity index (χ4v) is 3.21. The van der Waals surface area contributed by atoms with Gasteiger partial charge in [-0.2, -0.15) is 13.2 Å². The smallest absolute Gasteiger partial charge is 0.356 e. The van der Waals surface area contributed by atoms with Crippen LogP contribution < -0.4 is 11.1 Å². The first kappa shape index (κ1) is 18.8. The van der Waals surface area contributed by atoms with Gasteiger partial charge < -0.3 is 11.1 Å². The molecule has 3 unspecified atom stereocenters. The molecule has 0 spiro atoms. The maximum atomic E-state index is 12.8. The van der Waals surface area contributed by atoms with E-state index >= 15 is 0 Å². The van der Waals surface area contributed by atoms with Crippen LogP contribution in [0.4, 0.5) is 13.2 Å². The Morgan fingerprint density at radius 2 is 2.12 bits per heavy atom. The SMILES string of the molecule is CC(CCNC(=O)C1CCCC(N)C1)c1cccc(C(F)(F)F)c1.